The summed E-state index contributed by atoms with van der Waals surface area (Å²) in [5.41, 5.74) is 5.73. The van der Waals surface area contributed by atoms with Gasteiger partial charge in [0.1, 0.15) is 11.9 Å². The van der Waals surface area contributed by atoms with E-state index in [1.165, 1.54) is 28.7 Å². The number of alkyl halides is 1. The van der Waals surface area contributed by atoms with E-state index >= 15 is 0 Å². The molecule has 1 aliphatic heterocycles. The molecule has 0 amide bonds. The van der Waals surface area contributed by atoms with E-state index in [0.29, 0.717) is 16.8 Å². The Morgan fingerprint density at radius 1 is 1.10 bits per heavy atom. The van der Waals surface area contributed by atoms with Gasteiger partial charge in [-0.3, -0.25) is 0 Å². The molecular formula is C18H17BrO. The highest BCUT2D eigenvalue weighted by Crippen LogP contribution is 2.48. The van der Waals surface area contributed by atoms with Crippen LogP contribution in [0.15, 0.2) is 42.5 Å². The number of ether oxygens (including phenoxy) is 1. The predicted octanol–water partition coefficient (Wildman–Crippen LogP) is 4.79. The summed E-state index contributed by atoms with van der Waals surface area (Å²) in [7, 11) is 0. The van der Waals surface area contributed by atoms with Crippen molar-refractivity contribution >= 4 is 15.9 Å². The second-order valence-corrected chi connectivity index (χ2v) is 6.90. The van der Waals surface area contributed by atoms with E-state index in [1.54, 1.807) is 0 Å². The van der Waals surface area contributed by atoms with E-state index in [-0.39, 0.29) is 0 Å². The zero-order valence-corrected chi connectivity index (χ0v) is 13.1. The first-order valence-electron chi connectivity index (χ1n) is 7.24. The van der Waals surface area contributed by atoms with E-state index < -0.39 is 0 Å². The Labute approximate surface area is 128 Å². The molecule has 2 heteroatoms. The molecule has 0 radical (unpaired) electrons. The van der Waals surface area contributed by atoms with Gasteiger partial charge in [-0.2, -0.15) is 0 Å². The fraction of sp³-hybridized carbons (Fsp3) is 0.333. The molecule has 0 bridgehead atoms. The molecule has 1 aliphatic carbocycles. The molecule has 20 heavy (non-hydrogen) atoms. The first-order valence-corrected chi connectivity index (χ1v) is 8.15. The summed E-state index contributed by atoms with van der Waals surface area (Å²) < 4.78 is 5.78. The van der Waals surface area contributed by atoms with Crippen LogP contribution in [0.5, 0.6) is 5.75 Å². The molecule has 102 valence electrons. The average Bonchev–Trinajstić information content (AvgIpc) is 2.79. The van der Waals surface area contributed by atoms with Gasteiger partial charge in [0.15, 0.2) is 0 Å². The van der Waals surface area contributed by atoms with Gasteiger partial charge in [0.2, 0.25) is 0 Å². The van der Waals surface area contributed by atoms with E-state index in [0.717, 1.165) is 12.2 Å². The van der Waals surface area contributed by atoms with Gasteiger partial charge in [0.05, 0.1) is 0 Å². The standard InChI is InChI=1S/C18H17BrO/c1-11-8-14-9-13(6-7-17(14)20-11)18(19)16-10-12-4-2-3-5-15(12)16/h2-7,9,11,16,18H,8,10H2,1H3. The maximum Gasteiger partial charge on any atom is 0.123 e. The van der Waals surface area contributed by atoms with E-state index in [1.807, 2.05) is 0 Å². The number of fused-ring (bicyclic) bond motifs is 2. The third-order valence-corrected chi connectivity index (χ3v) is 5.65. The van der Waals surface area contributed by atoms with Crippen LogP contribution in [-0.2, 0) is 12.8 Å². The lowest BCUT2D eigenvalue weighted by atomic mass is 9.74. The van der Waals surface area contributed by atoms with Gasteiger partial charge < -0.3 is 4.74 Å². The largest absolute Gasteiger partial charge is 0.490 e. The van der Waals surface area contributed by atoms with Gasteiger partial charge >= 0.3 is 0 Å². The molecule has 3 unspecified atom stereocenters. The summed E-state index contributed by atoms with van der Waals surface area (Å²) in [6.45, 7) is 2.13. The molecule has 2 aromatic rings. The van der Waals surface area contributed by atoms with Crippen LogP contribution in [0.2, 0.25) is 0 Å². The molecule has 0 fully saturated rings. The molecule has 3 atom stereocenters. The number of benzene rings is 2. The molecule has 1 heterocycles. The Morgan fingerprint density at radius 2 is 1.95 bits per heavy atom. The molecule has 2 aliphatic rings. The van der Waals surface area contributed by atoms with Gasteiger partial charge in [-0.05, 0) is 41.7 Å². The Kier molecular flexibility index (Phi) is 2.88. The summed E-state index contributed by atoms with van der Waals surface area (Å²) in [5.74, 6) is 1.67. The van der Waals surface area contributed by atoms with Crippen molar-refractivity contribution < 1.29 is 4.74 Å². The lowest BCUT2D eigenvalue weighted by Crippen LogP contribution is -2.20. The normalized spacial score (nSPS) is 24.3. The fourth-order valence-electron chi connectivity index (χ4n) is 3.40. The predicted molar refractivity (Wildman–Crippen MR) is 84.8 cm³/mol. The molecule has 0 saturated carbocycles. The van der Waals surface area contributed by atoms with Gasteiger partial charge in [0, 0.05) is 17.2 Å². The zero-order chi connectivity index (χ0) is 13.7. The minimum absolute atomic E-state index is 0.318. The molecule has 0 N–H and O–H groups in total. The molecule has 0 aromatic heterocycles. The van der Waals surface area contributed by atoms with Crippen molar-refractivity contribution in [2.45, 2.75) is 36.6 Å². The molecule has 2 aromatic carbocycles. The van der Waals surface area contributed by atoms with Crippen LogP contribution in [0.3, 0.4) is 0 Å². The van der Waals surface area contributed by atoms with Crippen LogP contribution in [0.25, 0.3) is 0 Å². The van der Waals surface area contributed by atoms with Crippen molar-refractivity contribution in [2.24, 2.45) is 0 Å². The zero-order valence-electron chi connectivity index (χ0n) is 11.5. The summed E-state index contributed by atoms with van der Waals surface area (Å²) in [6.07, 6.45) is 2.53. The maximum atomic E-state index is 5.78. The van der Waals surface area contributed by atoms with Crippen LogP contribution < -0.4 is 4.74 Å². The van der Waals surface area contributed by atoms with Gasteiger partial charge in [-0.15, -0.1) is 0 Å². The molecule has 1 nitrogen and oxygen atoms in total. The summed E-state index contributed by atoms with van der Waals surface area (Å²) >= 11 is 3.92. The Bertz CT molecular complexity index is 664. The minimum atomic E-state index is 0.318. The third kappa shape index (κ3) is 1.89. The molecule has 4 rings (SSSR count). The maximum absolute atomic E-state index is 5.78. The van der Waals surface area contributed by atoms with Crippen molar-refractivity contribution in [2.75, 3.05) is 0 Å². The van der Waals surface area contributed by atoms with Crippen LogP contribution in [0, 0.1) is 0 Å². The lowest BCUT2D eigenvalue weighted by Gasteiger charge is -2.34. The van der Waals surface area contributed by atoms with Gasteiger partial charge in [-0.25, -0.2) is 0 Å². The van der Waals surface area contributed by atoms with Crippen molar-refractivity contribution in [1.29, 1.82) is 0 Å². The Balaban J connectivity index is 1.62. The minimum Gasteiger partial charge on any atom is -0.490 e. The van der Waals surface area contributed by atoms with Crippen LogP contribution >= 0.6 is 15.9 Å². The topological polar surface area (TPSA) is 9.23 Å². The lowest BCUT2D eigenvalue weighted by molar-refractivity contribution is 0.254. The first kappa shape index (κ1) is 12.5. The monoisotopic (exact) mass is 328 g/mol. The highest BCUT2D eigenvalue weighted by Gasteiger charge is 2.32. The summed E-state index contributed by atoms with van der Waals surface area (Å²) in [5, 5.41) is 0. The molecular weight excluding hydrogens is 312 g/mol. The van der Waals surface area contributed by atoms with E-state index in [2.05, 4.69) is 65.3 Å². The summed E-state index contributed by atoms with van der Waals surface area (Å²) in [4.78, 5) is 0.401. The smallest absolute Gasteiger partial charge is 0.123 e. The van der Waals surface area contributed by atoms with E-state index in [4.69, 9.17) is 4.74 Å². The van der Waals surface area contributed by atoms with Crippen molar-refractivity contribution in [1.82, 2.24) is 0 Å². The number of rotatable bonds is 2. The number of hydrogen-bond donors (Lipinski definition) is 0. The third-order valence-electron chi connectivity index (χ3n) is 4.49. The summed E-state index contributed by atoms with van der Waals surface area (Å²) in [6, 6.07) is 15.4. The van der Waals surface area contributed by atoms with Crippen LogP contribution in [-0.4, -0.2) is 6.10 Å². The first-order chi connectivity index (χ1) is 9.72. The SMILES string of the molecule is CC1Cc2cc(C(Br)C3Cc4ccccc43)ccc2O1. The van der Waals surface area contributed by atoms with Crippen LogP contribution in [0.1, 0.15) is 39.9 Å². The highest BCUT2D eigenvalue weighted by molar-refractivity contribution is 9.09. The van der Waals surface area contributed by atoms with Gasteiger partial charge in [0.25, 0.3) is 0 Å². The Morgan fingerprint density at radius 3 is 2.80 bits per heavy atom. The Hall–Kier alpha value is -1.28. The second kappa shape index (κ2) is 4.63. The highest BCUT2D eigenvalue weighted by atomic mass is 79.9. The number of halogens is 1. The van der Waals surface area contributed by atoms with Crippen molar-refractivity contribution in [3.8, 4) is 5.75 Å². The van der Waals surface area contributed by atoms with Crippen molar-refractivity contribution in [3.63, 3.8) is 0 Å². The fourth-order valence-corrected chi connectivity index (χ4v) is 4.16. The average molecular weight is 329 g/mol. The number of hydrogen-bond acceptors (Lipinski definition) is 1. The quantitative estimate of drug-likeness (QED) is 0.720. The van der Waals surface area contributed by atoms with Crippen LogP contribution in [0.4, 0.5) is 0 Å². The van der Waals surface area contributed by atoms with Crippen molar-refractivity contribution in [3.05, 3.63) is 64.7 Å². The van der Waals surface area contributed by atoms with Gasteiger partial charge in [-0.1, -0.05) is 52.3 Å². The van der Waals surface area contributed by atoms with E-state index in [9.17, 15) is 0 Å². The molecule has 0 saturated heterocycles. The second-order valence-electron chi connectivity index (χ2n) is 5.91. The molecule has 0 spiro atoms.